The lowest BCUT2D eigenvalue weighted by atomic mass is 10.1. The van der Waals surface area contributed by atoms with E-state index in [0.717, 1.165) is 12.8 Å². The van der Waals surface area contributed by atoms with Crippen LogP contribution in [0.25, 0.3) is 0 Å². The first-order valence-electron chi connectivity index (χ1n) is 5.77. The molecule has 0 saturated carbocycles. The zero-order valence-corrected chi connectivity index (χ0v) is 10.7. The van der Waals surface area contributed by atoms with E-state index in [2.05, 4.69) is 0 Å². The van der Waals surface area contributed by atoms with Gasteiger partial charge in [-0.1, -0.05) is 13.3 Å². The van der Waals surface area contributed by atoms with Crippen LogP contribution in [0, 0.1) is 21.7 Å². The number of nitro groups is 1. The van der Waals surface area contributed by atoms with Gasteiger partial charge in [0.25, 0.3) is 11.6 Å². The summed E-state index contributed by atoms with van der Waals surface area (Å²) >= 11 is 0. The van der Waals surface area contributed by atoms with Crippen LogP contribution >= 0.6 is 0 Å². The zero-order chi connectivity index (χ0) is 14.6. The van der Waals surface area contributed by atoms with E-state index in [1.807, 2.05) is 6.92 Å². The number of halogens is 2. The van der Waals surface area contributed by atoms with Crippen LogP contribution in [0.15, 0.2) is 12.1 Å². The lowest BCUT2D eigenvalue weighted by molar-refractivity contribution is -0.385. The predicted octanol–water partition coefficient (Wildman–Crippen LogP) is 2.75. The Kier molecular flexibility index (Phi) is 4.91. The first kappa shape index (κ1) is 15.0. The Morgan fingerprint density at radius 2 is 1.95 bits per heavy atom. The summed E-state index contributed by atoms with van der Waals surface area (Å²) in [5.74, 6) is -3.32. The van der Waals surface area contributed by atoms with Gasteiger partial charge in [0.2, 0.25) is 0 Å². The first-order chi connectivity index (χ1) is 8.88. The van der Waals surface area contributed by atoms with Gasteiger partial charge in [-0.15, -0.1) is 0 Å². The number of hydrogen-bond acceptors (Lipinski definition) is 3. The molecule has 0 saturated heterocycles. The number of rotatable bonds is 5. The molecule has 19 heavy (non-hydrogen) atoms. The van der Waals surface area contributed by atoms with Crippen molar-refractivity contribution in [3.63, 3.8) is 0 Å². The third-order valence-corrected chi connectivity index (χ3v) is 2.66. The normalized spacial score (nSPS) is 10.3. The molecule has 0 heterocycles. The van der Waals surface area contributed by atoms with Gasteiger partial charge in [-0.05, 0) is 12.5 Å². The Bertz CT molecular complexity index is 506. The summed E-state index contributed by atoms with van der Waals surface area (Å²) in [5, 5.41) is 10.8. The minimum atomic E-state index is -1.35. The average molecular weight is 272 g/mol. The van der Waals surface area contributed by atoms with Crippen molar-refractivity contribution in [2.24, 2.45) is 0 Å². The minimum Gasteiger partial charge on any atom is -0.341 e. The Morgan fingerprint density at radius 1 is 1.37 bits per heavy atom. The second-order valence-corrected chi connectivity index (χ2v) is 4.12. The van der Waals surface area contributed by atoms with E-state index in [0.29, 0.717) is 18.7 Å². The molecule has 1 aromatic rings. The molecule has 0 aromatic heterocycles. The number of nitro benzene ring substituents is 1. The summed E-state index contributed by atoms with van der Waals surface area (Å²) in [6.45, 7) is 2.32. The molecule has 5 nitrogen and oxygen atoms in total. The molecule has 0 bridgehead atoms. The second-order valence-electron chi connectivity index (χ2n) is 4.12. The fourth-order valence-electron chi connectivity index (χ4n) is 1.56. The highest BCUT2D eigenvalue weighted by Crippen LogP contribution is 2.23. The molecule has 1 amide bonds. The summed E-state index contributed by atoms with van der Waals surface area (Å²) in [5.41, 5.74) is -1.17. The van der Waals surface area contributed by atoms with Crippen LogP contribution in [0.5, 0.6) is 0 Å². The van der Waals surface area contributed by atoms with Crippen LogP contribution in [0.1, 0.15) is 30.1 Å². The number of hydrogen-bond donors (Lipinski definition) is 0. The van der Waals surface area contributed by atoms with Crippen molar-refractivity contribution in [3.8, 4) is 0 Å². The maximum absolute atomic E-state index is 13.1. The van der Waals surface area contributed by atoms with Crippen molar-refractivity contribution in [3.05, 3.63) is 39.4 Å². The quantitative estimate of drug-likeness (QED) is 0.611. The van der Waals surface area contributed by atoms with Crippen LogP contribution < -0.4 is 0 Å². The maximum Gasteiger partial charge on any atom is 0.285 e. The van der Waals surface area contributed by atoms with Crippen LogP contribution in [0.3, 0.4) is 0 Å². The number of carbonyl (C=O) groups is 1. The Balaban J connectivity index is 3.14. The average Bonchev–Trinajstić information content (AvgIpc) is 2.37. The number of carbonyl (C=O) groups excluding carboxylic acids is 1. The van der Waals surface area contributed by atoms with Crippen LogP contribution in [-0.2, 0) is 0 Å². The molecule has 1 rings (SSSR count). The van der Waals surface area contributed by atoms with Gasteiger partial charge in [-0.2, -0.15) is 0 Å². The van der Waals surface area contributed by atoms with Crippen molar-refractivity contribution >= 4 is 11.6 Å². The molecular formula is C12H14F2N2O3. The van der Waals surface area contributed by atoms with Gasteiger partial charge in [-0.25, -0.2) is 8.78 Å². The summed E-state index contributed by atoms with van der Waals surface area (Å²) in [6.07, 6.45) is 1.57. The third-order valence-electron chi connectivity index (χ3n) is 2.66. The molecule has 0 aliphatic carbocycles. The Labute approximate surface area is 109 Å². The molecule has 0 aliphatic rings. The molecule has 1 aromatic carbocycles. The molecule has 0 radical (unpaired) electrons. The molecule has 0 aliphatic heterocycles. The van der Waals surface area contributed by atoms with E-state index in [-0.39, 0.29) is 0 Å². The Morgan fingerprint density at radius 3 is 2.47 bits per heavy atom. The van der Waals surface area contributed by atoms with Crippen molar-refractivity contribution in [2.45, 2.75) is 19.8 Å². The van der Waals surface area contributed by atoms with E-state index in [4.69, 9.17) is 0 Å². The highest BCUT2D eigenvalue weighted by atomic mass is 19.2. The second kappa shape index (κ2) is 6.21. The number of amides is 1. The Hall–Kier alpha value is -2.05. The highest BCUT2D eigenvalue weighted by Gasteiger charge is 2.25. The summed E-state index contributed by atoms with van der Waals surface area (Å²) in [4.78, 5) is 23.1. The highest BCUT2D eigenvalue weighted by molar-refractivity contribution is 5.98. The molecule has 0 unspecified atom stereocenters. The fourth-order valence-corrected chi connectivity index (χ4v) is 1.56. The molecule has 0 spiro atoms. The molecule has 104 valence electrons. The van der Waals surface area contributed by atoms with Crippen molar-refractivity contribution < 1.29 is 18.5 Å². The van der Waals surface area contributed by atoms with E-state index in [9.17, 15) is 23.7 Å². The zero-order valence-electron chi connectivity index (χ0n) is 10.7. The lowest BCUT2D eigenvalue weighted by Crippen LogP contribution is -2.28. The van der Waals surface area contributed by atoms with Crippen molar-refractivity contribution in [1.29, 1.82) is 0 Å². The number of benzene rings is 1. The van der Waals surface area contributed by atoms with Crippen molar-refractivity contribution in [2.75, 3.05) is 13.6 Å². The topological polar surface area (TPSA) is 63.5 Å². The lowest BCUT2D eigenvalue weighted by Gasteiger charge is -2.16. The van der Waals surface area contributed by atoms with Gasteiger partial charge in [-0.3, -0.25) is 14.9 Å². The van der Waals surface area contributed by atoms with Gasteiger partial charge >= 0.3 is 0 Å². The minimum absolute atomic E-state index is 0.394. The predicted molar refractivity (Wildman–Crippen MR) is 64.9 cm³/mol. The van der Waals surface area contributed by atoms with Gasteiger partial charge in [0.15, 0.2) is 11.6 Å². The number of unbranched alkanes of at least 4 members (excludes halogenated alkanes) is 1. The van der Waals surface area contributed by atoms with Crippen LogP contribution in [0.4, 0.5) is 14.5 Å². The fraction of sp³-hybridized carbons (Fsp3) is 0.417. The van der Waals surface area contributed by atoms with Gasteiger partial charge < -0.3 is 4.90 Å². The van der Waals surface area contributed by atoms with Crippen LogP contribution in [-0.4, -0.2) is 29.3 Å². The summed E-state index contributed by atoms with van der Waals surface area (Å²) in [7, 11) is 1.46. The van der Waals surface area contributed by atoms with E-state index >= 15 is 0 Å². The molecule has 0 atom stereocenters. The van der Waals surface area contributed by atoms with Crippen LogP contribution in [0.2, 0.25) is 0 Å². The molecule has 0 fully saturated rings. The van der Waals surface area contributed by atoms with Gasteiger partial charge in [0.1, 0.15) is 5.56 Å². The molecule has 0 N–H and O–H groups in total. The van der Waals surface area contributed by atoms with E-state index in [1.165, 1.54) is 11.9 Å². The monoisotopic (exact) mass is 272 g/mol. The van der Waals surface area contributed by atoms with Gasteiger partial charge in [0, 0.05) is 13.6 Å². The largest absolute Gasteiger partial charge is 0.341 e. The maximum atomic E-state index is 13.1. The smallest absolute Gasteiger partial charge is 0.285 e. The SMILES string of the molecule is CCCCN(C)C(=O)c1cc(F)c(F)cc1[N+](=O)[O-]. The third kappa shape index (κ3) is 3.46. The number of nitrogens with zero attached hydrogens (tertiary/aromatic N) is 2. The van der Waals surface area contributed by atoms with E-state index < -0.39 is 33.7 Å². The summed E-state index contributed by atoms with van der Waals surface area (Å²) < 4.78 is 26.1. The standard InChI is InChI=1S/C12H14F2N2O3/c1-3-4-5-15(2)12(17)8-6-9(13)10(14)7-11(8)16(18)19/h6-7H,3-5H2,1-2H3. The summed E-state index contributed by atoms with van der Waals surface area (Å²) in [6, 6.07) is 0.995. The molecular weight excluding hydrogens is 258 g/mol. The van der Waals surface area contributed by atoms with E-state index in [1.54, 1.807) is 0 Å². The van der Waals surface area contributed by atoms with Crippen molar-refractivity contribution in [1.82, 2.24) is 4.90 Å². The van der Waals surface area contributed by atoms with Gasteiger partial charge in [0.05, 0.1) is 11.0 Å². The molecule has 7 heteroatoms. The first-order valence-corrected chi connectivity index (χ1v) is 5.77.